The number of hydrogen-bond acceptors (Lipinski definition) is 6. The lowest BCUT2D eigenvalue weighted by Gasteiger charge is -2.35. The number of carbonyl (C=O) groups is 1. The molecule has 158 valence electrons. The molecule has 1 aliphatic rings. The van der Waals surface area contributed by atoms with Gasteiger partial charge in [0.15, 0.2) is 5.13 Å². The maximum absolute atomic E-state index is 13.7. The summed E-state index contributed by atoms with van der Waals surface area (Å²) < 4.78 is 27.0. The van der Waals surface area contributed by atoms with Gasteiger partial charge in [-0.2, -0.15) is 4.31 Å². The minimum absolute atomic E-state index is 0.236. The van der Waals surface area contributed by atoms with E-state index in [-0.39, 0.29) is 5.91 Å². The first kappa shape index (κ1) is 20.9. The fourth-order valence-electron chi connectivity index (χ4n) is 3.78. The van der Waals surface area contributed by atoms with Crippen molar-refractivity contribution in [2.45, 2.75) is 38.8 Å². The summed E-state index contributed by atoms with van der Waals surface area (Å²) in [5.74, 6) is -0.236. The summed E-state index contributed by atoms with van der Waals surface area (Å²) in [6.07, 6.45) is 6.67. The summed E-state index contributed by atoms with van der Waals surface area (Å²) in [6.45, 7) is 2.68. The third-order valence-corrected chi connectivity index (χ3v) is 7.59. The fraction of sp³-hybridized carbons (Fsp3) is 0.381. The molecule has 1 atom stereocenters. The number of amides is 1. The Bertz CT molecular complexity index is 1160. The topological polar surface area (TPSA) is 83.5 Å². The van der Waals surface area contributed by atoms with E-state index in [1.807, 2.05) is 37.3 Å². The van der Waals surface area contributed by atoms with Crippen LogP contribution in [-0.2, 0) is 21.4 Å². The van der Waals surface area contributed by atoms with E-state index in [1.165, 1.54) is 21.9 Å². The minimum atomic E-state index is -3.48. The molecule has 9 heteroatoms. The molecule has 1 saturated heterocycles. The summed E-state index contributed by atoms with van der Waals surface area (Å²) in [6, 6.07) is 9.00. The molecule has 2 aromatic heterocycles. The van der Waals surface area contributed by atoms with E-state index in [9.17, 15) is 13.2 Å². The lowest BCUT2D eigenvalue weighted by atomic mass is 10.0. The van der Waals surface area contributed by atoms with Crippen molar-refractivity contribution in [2.24, 2.45) is 0 Å². The van der Waals surface area contributed by atoms with Crippen LogP contribution < -0.4 is 4.90 Å². The molecule has 4 rings (SSSR count). The van der Waals surface area contributed by atoms with Crippen molar-refractivity contribution in [1.82, 2.24) is 14.3 Å². The van der Waals surface area contributed by atoms with Gasteiger partial charge in [0, 0.05) is 18.9 Å². The van der Waals surface area contributed by atoms with Gasteiger partial charge in [-0.25, -0.2) is 13.4 Å². The standard InChI is InChI=1S/C21H24N4O3S2/c1-15-8-9-17-19(12-15)29-21(23-17)24(14-16-6-5-10-22-13-16)20(26)18-7-3-4-11-25(18)30(2,27)28/h5-6,8-10,12-13,18H,3-4,7,11,14H2,1-2H3. The number of fused-ring (bicyclic) bond motifs is 1. The Balaban J connectivity index is 1.74. The minimum Gasteiger partial charge on any atom is -0.282 e. The number of anilines is 1. The summed E-state index contributed by atoms with van der Waals surface area (Å²) in [5.41, 5.74) is 2.81. The van der Waals surface area contributed by atoms with Crippen LogP contribution in [0.25, 0.3) is 10.2 Å². The van der Waals surface area contributed by atoms with Gasteiger partial charge in [0.05, 0.1) is 23.0 Å². The molecular weight excluding hydrogens is 420 g/mol. The van der Waals surface area contributed by atoms with Crippen molar-refractivity contribution in [3.05, 3.63) is 53.9 Å². The molecule has 0 bridgehead atoms. The normalized spacial score (nSPS) is 17.9. The van der Waals surface area contributed by atoms with Gasteiger partial charge >= 0.3 is 0 Å². The molecule has 0 aliphatic carbocycles. The summed E-state index contributed by atoms with van der Waals surface area (Å²) in [4.78, 5) is 24.1. The number of carbonyl (C=O) groups excluding carboxylic acids is 1. The van der Waals surface area contributed by atoms with Crippen molar-refractivity contribution in [2.75, 3.05) is 17.7 Å². The Kier molecular flexibility index (Phi) is 5.86. The van der Waals surface area contributed by atoms with Gasteiger partial charge in [-0.3, -0.25) is 14.7 Å². The molecule has 0 spiro atoms. The molecule has 30 heavy (non-hydrogen) atoms. The van der Waals surface area contributed by atoms with Crippen LogP contribution in [0.15, 0.2) is 42.7 Å². The third-order valence-electron chi connectivity index (χ3n) is 5.26. The predicted molar refractivity (Wildman–Crippen MR) is 119 cm³/mol. The monoisotopic (exact) mass is 444 g/mol. The lowest BCUT2D eigenvalue weighted by molar-refractivity contribution is -0.123. The van der Waals surface area contributed by atoms with Gasteiger partial charge in [-0.15, -0.1) is 0 Å². The zero-order valence-corrected chi connectivity index (χ0v) is 18.6. The van der Waals surface area contributed by atoms with Crippen LogP contribution in [0.3, 0.4) is 0 Å². The van der Waals surface area contributed by atoms with Crippen LogP contribution >= 0.6 is 11.3 Å². The molecule has 1 fully saturated rings. The highest BCUT2D eigenvalue weighted by Gasteiger charge is 2.38. The molecule has 1 aliphatic heterocycles. The van der Waals surface area contributed by atoms with E-state index in [2.05, 4.69) is 9.97 Å². The van der Waals surface area contributed by atoms with Gasteiger partial charge in [-0.05, 0) is 49.1 Å². The SMILES string of the molecule is Cc1ccc2nc(N(Cc3cccnc3)C(=O)C3CCCCN3S(C)(=O)=O)sc2c1. The van der Waals surface area contributed by atoms with Crippen LogP contribution in [0, 0.1) is 6.92 Å². The highest BCUT2D eigenvalue weighted by atomic mass is 32.2. The first-order chi connectivity index (χ1) is 14.3. The number of thiazole rings is 1. The summed E-state index contributed by atoms with van der Waals surface area (Å²) in [5, 5.41) is 0.573. The largest absolute Gasteiger partial charge is 0.282 e. The number of pyridine rings is 1. The molecule has 0 N–H and O–H groups in total. The molecule has 1 amide bonds. The van der Waals surface area contributed by atoms with Crippen LogP contribution in [0.1, 0.15) is 30.4 Å². The van der Waals surface area contributed by atoms with E-state index in [4.69, 9.17) is 0 Å². The lowest BCUT2D eigenvalue weighted by Crippen LogP contribution is -2.52. The van der Waals surface area contributed by atoms with Gasteiger partial charge in [0.1, 0.15) is 6.04 Å². The molecule has 3 aromatic rings. The van der Waals surface area contributed by atoms with Crippen molar-refractivity contribution in [3.8, 4) is 0 Å². The smallest absolute Gasteiger partial charge is 0.247 e. The quantitative estimate of drug-likeness (QED) is 0.603. The van der Waals surface area contributed by atoms with Gasteiger partial charge in [0.2, 0.25) is 15.9 Å². The zero-order chi connectivity index (χ0) is 21.3. The van der Waals surface area contributed by atoms with E-state index >= 15 is 0 Å². The molecule has 1 unspecified atom stereocenters. The average molecular weight is 445 g/mol. The first-order valence-electron chi connectivity index (χ1n) is 9.87. The highest BCUT2D eigenvalue weighted by Crippen LogP contribution is 2.32. The Hall–Kier alpha value is -2.36. The maximum atomic E-state index is 13.7. The molecule has 0 saturated carbocycles. The molecule has 0 radical (unpaired) electrons. The van der Waals surface area contributed by atoms with Crippen molar-refractivity contribution in [3.63, 3.8) is 0 Å². The van der Waals surface area contributed by atoms with Crippen LogP contribution in [-0.4, -0.2) is 47.4 Å². The number of nitrogens with zero attached hydrogens (tertiary/aromatic N) is 4. The molecule has 3 heterocycles. The van der Waals surface area contributed by atoms with E-state index in [1.54, 1.807) is 17.3 Å². The van der Waals surface area contributed by atoms with E-state index < -0.39 is 16.1 Å². The molecule has 7 nitrogen and oxygen atoms in total. The van der Waals surface area contributed by atoms with Crippen LogP contribution in [0.4, 0.5) is 5.13 Å². The highest BCUT2D eigenvalue weighted by molar-refractivity contribution is 7.88. The predicted octanol–water partition coefficient (Wildman–Crippen LogP) is 3.35. The van der Waals surface area contributed by atoms with Gasteiger partial charge < -0.3 is 0 Å². The molecular formula is C21H24N4O3S2. The number of piperidine rings is 1. The number of aromatic nitrogens is 2. The second kappa shape index (κ2) is 8.41. The number of rotatable bonds is 5. The van der Waals surface area contributed by atoms with Crippen molar-refractivity contribution in [1.29, 1.82) is 0 Å². The van der Waals surface area contributed by atoms with Gasteiger partial charge in [0.25, 0.3) is 0 Å². The summed E-state index contributed by atoms with van der Waals surface area (Å²) >= 11 is 1.45. The Morgan fingerprint density at radius 2 is 2.13 bits per heavy atom. The van der Waals surface area contributed by atoms with Crippen LogP contribution in [0.2, 0.25) is 0 Å². The first-order valence-corrected chi connectivity index (χ1v) is 12.5. The number of sulfonamides is 1. The van der Waals surface area contributed by atoms with E-state index in [0.717, 1.165) is 34.2 Å². The third kappa shape index (κ3) is 4.38. The summed E-state index contributed by atoms with van der Waals surface area (Å²) in [7, 11) is -3.48. The second-order valence-corrected chi connectivity index (χ2v) is 10.6. The van der Waals surface area contributed by atoms with Crippen molar-refractivity contribution >= 4 is 42.6 Å². The average Bonchev–Trinajstić information content (AvgIpc) is 3.14. The Morgan fingerprint density at radius 3 is 2.87 bits per heavy atom. The maximum Gasteiger partial charge on any atom is 0.247 e. The Morgan fingerprint density at radius 1 is 1.30 bits per heavy atom. The van der Waals surface area contributed by atoms with Gasteiger partial charge in [-0.1, -0.05) is 29.9 Å². The van der Waals surface area contributed by atoms with Crippen LogP contribution in [0.5, 0.6) is 0 Å². The van der Waals surface area contributed by atoms with E-state index in [0.29, 0.717) is 24.6 Å². The molecule has 1 aromatic carbocycles. The van der Waals surface area contributed by atoms with Crippen molar-refractivity contribution < 1.29 is 13.2 Å². The Labute approximate surface area is 180 Å². The number of hydrogen-bond donors (Lipinski definition) is 0. The zero-order valence-electron chi connectivity index (χ0n) is 17.0. The second-order valence-electron chi connectivity index (χ2n) is 7.64. The fourth-order valence-corrected chi connectivity index (χ4v) is 5.96. The number of benzene rings is 1. The number of aryl methyl sites for hydroxylation is 1.